The Morgan fingerprint density at radius 2 is 2.00 bits per heavy atom. The zero-order chi connectivity index (χ0) is 12.5. The number of benzene rings is 1. The van der Waals surface area contributed by atoms with Crippen molar-refractivity contribution in [2.45, 2.75) is 25.7 Å². The number of anilines is 2. The predicted molar refractivity (Wildman–Crippen MR) is 74.8 cm³/mol. The Bertz CT molecular complexity index is 489. The van der Waals surface area contributed by atoms with Crippen molar-refractivity contribution in [2.75, 3.05) is 17.8 Å². The van der Waals surface area contributed by atoms with E-state index in [2.05, 4.69) is 5.32 Å². The van der Waals surface area contributed by atoms with E-state index in [1.165, 1.54) is 6.42 Å². The number of nitrogens with two attached hydrogens (primary N) is 1. The number of carbonyl (C=O) groups is 1. The molecule has 19 heavy (non-hydrogen) atoms. The molecule has 1 fully saturated rings. The Hall–Kier alpha value is -1.62. The number of ether oxygens (including phenoxy) is 2. The molecule has 0 spiro atoms. The summed E-state index contributed by atoms with van der Waals surface area (Å²) in [4.78, 5) is 11.8. The van der Waals surface area contributed by atoms with Crippen molar-refractivity contribution in [1.29, 1.82) is 0 Å². The van der Waals surface area contributed by atoms with E-state index in [-0.39, 0.29) is 25.1 Å². The van der Waals surface area contributed by atoms with Gasteiger partial charge in [-0.2, -0.15) is 0 Å². The molecule has 5 nitrogen and oxygen atoms in total. The summed E-state index contributed by atoms with van der Waals surface area (Å²) in [5.74, 6) is 1.82. The first-order valence-electron chi connectivity index (χ1n) is 6.21. The van der Waals surface area contributed by atoms with Gasteiger partial charge in [0.25, 0.3) is 0 Å². The minimum Gasteiger partial charge on any atom is -0.454 e. The first-order valence-corrected chi connectivity index (χ1v) is 6.21. The van der Waals surface area contributed by atoms with Crippen LogP contribution in [-0.4, -0.2) is 12.7 Å². The number of hydrogen-bond acceptors (Lipinski definition) is 4. The highest BCUT2D eigenvalue weighted by atomic mass is 35.5. The van der Waals surface area contributed by atoms with Crippen molar-refractivity contribution in [3.8, 4) is 11.5 Å². The summed E-state index contributed by atoms with van der Waals surface area (Å²) in [5, 5.41) is 2.84. The molecule has 0 saturated heterocycles. The zero-order valence-electron chi connectivity index (χ0n) is 10.5. The van der Waals surface area contributed by atoms with Gasteiger partial charge in [0.2, 0.25) is 12.7 Å². The second-order valence-electron chi connectivity index (χ2n) is 4.84. The molecule has 1 aromatic carbocycles. The van der Waals surface area contributed by atoms with E-state index in [4.69, 9.17) is 15.2 Å². The Labute approximate surface area is 117 Å². The number of amides is 1. The van der Waals surface area contributed by atoms with Crippen LogP contribution in [-0.2, 0) is 4.79 Å². The maximum absolute atomic E-state index is 11.8. The SMILES string of the molecule is Cl.Nc1cc2c(cc1NC(=O)CC1CCC1)OCO2. The minimum atomic E-state index is 0. The van der Waals surface area contributed by atoms with Crippen LogP contribution in [0.4, 0.5) is 11.4 Å². The highest BCUT2D eigenvalue weighted by molar-refractivity contribution is 5.94. The Morgan fingerprint density at radius 3 is 2.63 bits per heavy atom. The molecule has 1 aliphatic heterocycles. The second kappa shape index (κ2) is 5.57. The van der Waals surface area contributed by atoms with Crippen LogP contribution in [0.1, 0.15) is 25.7 Å². The number of fused-ring (bicyclic) bond motifs is 1. The number of rotatable bonds is 3. The normalized spacial score (nSPS) is 16.4. The lowest BCUT2D eigenvalue weighted by atomic mass is 9.83. The largest absolute Gasteiger partial charge is 0.454 e. The van der Waals surface area contributed by atoms with Crippen molar-refractivity contribution in [3.63, 3.8) is 0 Å². The average Bonchev–Trinajstić information content (AvgIpc) is 2.71. The fraction of sp³-hybridized carbons (Fsp3) is 0.462. The Balaban J connectivity index is 0.00000133. The van der Waals surface area contributed by atoms with Gasteiger partial charge in [-0.05, 0) is 18.8 Å². The molecule has 0 atom stereocenters. The second-order valence-corrected chi connectivity index (χ2v) is 4.84. The number of hydrogen-bond donors (Lipinski definition) is 2. The first kappa shape index (κ1) is 13.8. The fourth-order valence-corrected chi connectivity index (χ4v) is 2.23. The molecule has 1 aromatic rings. The van der Waals surface area contributed by atoms with Crippen LogP contribution in [0.5, 0.6) is 11.5 Å². The molecule has 6 heteroatoms. The van der Waals surface area contributed by atoms with Crippen LogP contribution >= 0.6 is 12.4 Å². The molecule has 2 aliphatic rings. The molecule has 1 heterocycles. The van der Waals surface area contributed by atoms with Crippen LogP contribution in [0.15, 0.2) is 12.1 Å². The van der Waals surface area contributed by atoms with Gasteiger partial charge in [0, 0.05) is 18.6 Å². The van der Waals surface area contributed by atoms with Crippen LogP contribution in [0.2, 0.25) is 0 Å². The molecule has 1 aliphatic carbocycles. The lowest BCUT2D eigenvalue weighted by Crippen LogP contribution is -2.21. The Morgan fingerprint density at radius 1 is 1.32 bits per heavy atom. The van der Waals surface area contributed by atoms with Gasteiger partial charge in [0.15, 0.2) is 11.5 Å². The van der Waals surface area contributed by atoms with Crippen molar-refractivity contribution in [1.82, 2.24) is 0 Å². The van der Waals surface area contributed by atoms with Gasteiger partial charge in [0.1, 0.15) is 0 Å². The number of nitrogens with one attached hydrogen (secondary N) is 1. The van der Waals surface area contributed by atoms with Crippen molar-refractivity contribution in [2.24, 2.45) is 5.92 Å². The van der Waals surface area contributed by atoms with E-state index in [0.29, 0.717) is 35.2 Å². The summed E-state index contributed by atoms with van der Waals surface area (Å²) in [6.07, 6.45) is 4.13. The molecule has 0 radical (unpaired) electrons. The van der Waals surface area contributed by atoms with Gasteiger partial charge in [0.05, 0.1) is 11.4 Å². The van der Waals surface area contributed by atoms with Crippen LogP contribution < -0.4 is 20.5 Å². The van der Waals surface area contributed by atoms with E-state index in [9.17, 15) is 4.79 Å². The summed E-state index contributed by atoms with van der Waals surface area (Å²) in [6.45, 7) is 0.203. The predicted octanol–water partition coefficient (Wildman–Crippen LogP) is 2.55. The molecular weight excluding hydrogens is 268 g/mol. The molecule has 0 bridgehead atoms. The maximum Gasteiger partial charge on any atom is 0.231 e. The highest BCUT2D eigenvalue weighted by Gasteiger charge is 2.22. The monoisotopic (exact) mass is 284 g/mol. The third-order valence-corrected chi connectivity index (χ3v) is 3.52. The molecule has 0 aromatic heterocycles. The number of halogens is 1. The molecule has 3 N–H and O–H groups in total. The van der Waals surface area contributed by atoms with Gasteiger partial charge >= 0.3 is 0 Å². The third-order valence-electron chi connectivity index (χ3n) is 3.52. The van der Waals surface area contributed by atoms with Gasteiger partial charge < -0.3 is 20.5 Å². The maximum atomic E-state index is 11.8. The van der Waals surface area contributed by atoms with E-state index in [1.54, 1.807) is 12.1 Å². The van der Waals surface area contributed by atoms with Crippen molar-refractivity contribution >= 4 is 29.7 Å². The first-order chi connectivity index (χ1) is 8.72. The van der Waals surface area contributed by atoms with Crippen LogP contribution in [0, 0.1) is 5.92 Å². The van der Waals surface area contributed by atoms with Crippen molar-refractivity contribution < 1.29 is 14.3 Å². The lowest BCUT2D eigenvalue weighted by molar-refractivity contribution is -0.117. The Kier molecular flexibility index (Phi) is 4.04. The summed E-state index contributed by atoms with van der Waals surface area (Å²) in [7, 11) is 0. The fourth-order valence-electron chi connectivity index (χ4n) is 2.23. The standard InChI is InChI=1S/C13H16N2O3.ClH/c14-9-5-11-12(18-7-17-11)6-10(9)15-13(16)4-8-2-1-3-8;/h5-6,8H,1-4,7,14H2,(H,15,16);1H. The van der Waals surface area contributed by atoms with E-state index in [0.717, 1.165) is 12.8 Å². The lowest BCUT2D eigenvalue weighted by Gasteiger charge is -2.24. The van der Waals surface area contributed by atoms with Gasteiger partial charge in [-0.15, -0.1) is 12.4 Å². The number of nitrogen functional groups attached to an aromatic ring is 1. The number of carbonyl (C=O) groups excluding carboxylic acids is 1. The van der Waals surface area contributed by atoms with Gasteiger partial charge in [-0.1, -0.05) is 6.42 Å². The highest BCUT2D eigenvalue weighted by Crippen LogP contribution is 2.38. The summed E-state index contributed by atoms with van der Waals surface area (Å²) in [5.41, 5.74) is 6.97. The van der Waals surface area contributed by atoms with Gasteiger partial charge in [-0.25, -0.2) is 0 Å². The molecular formula is C13H17ClN2O3. The summed E-state index contributed by atoms with van der Waals surface area (Å²) < 4.78 is 10.5. The molecule has 1 saturated carbocycles. The zero-order valence-corrected chi connectivity index (χ0v) is 11.3. The minimum absolute atomic E-state index is 0. The topological polar surface area (TPSA) is 73.6 Å². The van der Waals surface area contributed by atoms with Gasteiger partial charge in [-0.3, -0.25) is 4.79 Å². The van der Waals surface area contributed by atoms with E-state index in [1.807, 2.05) is 0 Å². The van der Waals surface area contributed by atoms with Crippen molar-refractivity contribution in [3.05, 3.63) is 12.1 Å². The molecule has 3 rings (SSSR count). The molecule has 104 valence electrons. The third kappa shape index (κ3) is 2.87. The van der Waals surface area contributed by atoms with E-state index >= 15 is 0 Å². The smallest absolute Gasteiger partial charge is 0.231 e. The van der Waals surface area contributed by atoms with Crippen LogP contribution in [0.3, 0.4) is 0 Å². The van der Waals surface area contributed by atoms with E-state index < -0.39 is 0 Å². The summed E-state index contributed by atoms with van der Waals surface area (Å²) >= 11 is 0. The molecule has 0 unspecified atom stereocenters. The quantitative estimate of drug-likeness (QED) is 0.837. The van der Waals surface area contributed by atoms with Crippen LogP contribution in [0.25, 0.3) is 0 Å². The average molecular weight is 285 g/mol. The molecule has 1 amide bonds. The summed E-state index contributed by atoms with van der Waals surface area (Å²) in [6, 6.07) is 3.40.